The summed E-state index contributed by atoms with van der Waals surface area (Å²) in [6.07, 6.45) is 0.935. The van der Waals surface area contributed by atoms with E-state index in [0.717, 1.165) is 49.0 Å². The van der Waals surface area contributed by atoms with E-state index in [1.54, 1.807) is 0 Å². The quantitative estimate of drug-likeness (QED) is 0.628. The molecule has 3 N–H and O–H groups in total. The monoisotopic (exact) mass is 382 g/mol. The molecule has 6 heteroatoms. The number of hydrogen-bond donors (Lipinski definition) is 2. The minimum Gasteiger partial charge on any atom is -0.507 e. The normalized spacial score (nSPS) is 16.6. The second-order valence-corrected chi connectivity index (χ2v) is 5.74. The van der Waals surface area contributed by atoms with Crippen LogP contribution in [0.3, 0.4) is 0 Å². The van der Waals surface area contributed by atoms with Crippen molar-refractivity contribution < 1.29 is 18.3 Å². The van der Waals surface area contributed by atoms with Crippen molar-refractivity contribution in [2.24, 2.45) is 10.7 Å². The van der Waals surface area contributed by atoms with Gasteiger partial charge in [0, 0.05) is 11.3 Å². The van der Waals surface area contributed by atoms with Gasteiger partial charge in [0.05, 0.1) is 17.8 Å². The number of rotatable bonds is 1. The third kappa shape index (κ3) is 5.37. The summed E-state index contributed by atoms with van der Waals surface area (Å²) in [7, 11) is 0. The summed E-state index contributed by atoms with van der Waals surface area (Å²) in [5, 5.41) is 10.1. The SMILES string of the molecule is CC.CC.NC1=CCN=C(c2ccc(C(F)(F)F)cc2O)C2=C1CCCC2. The number of halogens is 3. The molecule has 1 aliphatic carbocycles. The first-order valence-corrected chi connectivity index (χ1v) is 9.51. The molecule has 0 fully saturated rings. The fourth-order valence-corrected chi connectivity index (χ4v) is 3.10. The summed E-state index contributed by atoms with van der Waals surface area (Å²) >= 11 is 0. The van der Waals surface area contributed by atoms with Gasteiger partial charge in [-0.2, -0.15) is 13.2 Å². The van der Waals surface area contributed by atoms with Crippen molar-refractivity contribution in [2.45, 2.75) is 59.6 Å². The van der Waals surface area contributed by atoms with Crippen LogP contribution in [0.5, 0.6) is 5.75 Å². The van der Waals surface area contributed by atoms with Crippen molar-refractivity contribution in [1.82, 2.24) is 0 Å². The molecule has 0 radical (unpaired) electrons. The highest BCUT2D eigenvalue weighted by atomic mass is 19.4. The van der Waals surface area contributed by atoms with E-state index < -0.39 is 17.5 Å². The highest BCUT2D eigenvalue weighted by molar-refractivity contribution is 6.15. The van der Waals surface area contributed by atoms with E-state index in [9.17, 15) is 18.3 Å². The van der Waals surface area contributed by atoms with Gasteiger partial charge >= 0.3 is 6.18 Å². The lowest BCUT2D eigenvalue weighted by Gasteiger charge is -2.21. The van der Waals surface area contributed by atoms with E-state index >= 15 is 0 Å². The molecule has 0 saturated heterocycles. The summed E-state index contributed by atoms with van der Waals surface area (Å²) in [6.45, 7) is 8.36. The molecule has 0 atom stereocenters. The molecule has 1 aromatic rings. The van der Waals surface area contributed by atoms with Gasteiger partial charge in [-0.25, -0.2) is 0 Å². The number of aromatic hydroxyl groups is 1. The van der Waals surface area contributed by atoms with Crippen molar-refractivity contribution in [2.75, 3.05) is 6.54 Å². The number of aliphatic imine (C=N–C) groups is 1. The zero-order valence-electron chi connectivity index (χ0n) is 16.5. The minimum atomic E-state index is -4.48. The van der Waals surface area contributed by atoms with E-state index in [4.69, 9.17) is 5.73 Å². The predicted octanol–water partition coefficient (Wildman–Crippen LogP) is 5.98. The first-order chi connectivity index (χ1) is 12.9. The Hall–Kier alpha value is -2.24. The van der Waals surface area contributed by atoms with Crippen LogP contribution in [0.4, 0.5) is 13.2 Å². The zero-order chi connectivity index (χ0) is 20.6. The standard InChI is InChI=1S/C17H17F3N2O.2C2H6/c18-17(19,20)10-5-6-13(15(23)9-10)16-12-4-2-1-3-11(12)14(21)7-8-22-16;2*1-2/h5-7,9,23H,1-4,8,21H2;2*1-2H3. The number of hydrogen-bond acceptors (Lipinski definition) is 3. The van der Waals surface area contributed by atoms with Crippen LogP contribution in [-0.2, 0) is 6.18 Å². The van der Waals surface area contributed by atoms with Crippen molar-refractivity contribution in [3.8, 4) is 5.75 Å². The lowest BCUT2D eigenvalue weighted by atomic mass is 9.85. The molecule has 0 unspecified atom stereocenters. The molecule has 3 nitrogen and oxygen atoms in total. The number of phenols is 1. The Labute approximate surface area is 159 Å². The van der Waals surface area contributed by atoms with Gasteiger partial charge in [-0.3, -0.25) is 4.99 Å². The van der Waals surface area contributed by atoms with Crippen LogP contribution in [0, 0.1) is 0 Å². The molecular weight excluding hydrogens is 353 g/mol. The first kappa shape index (κ1) is 22.8. The molecule has 0 saturated carbocycles. The number of benzene rings is 1. The van der Waals surface area contributed by atoms with Crippen LogP contribution in [0.2, 0.25) is 0 Å². The second kappa shape index (κ2) is 10.2. The number of alkyl halides is 3. The average molecular weight is 382 g/mol. The average Bonchev–Trinajstić information content (AvgIpc) is 2.84. The van der Waals surface area contributed by atoms with E-state index in [1.165, 1.54) is 6.07 Å². The Morgan fingerprint density at radius 2 is 1.59 bits per heavy atom. The van der Waals surface area contributed by atoms with Crippen LogP contribution in [-0.4, -0.2) is 17.4 Å². The molecule has 27 heavy (non-hydrogen) atoms. The summed E-state index contributed by atoms with van der Waals surface area (Å²) in [5.74, 6) is -0.406. The number of nitrogens with two attached hydrogens (primary N) is 1. The van der Waals surface area contributed by atoms with Gasteiger partial charge in [-0.05, 0) is 61.1 Å². The van der Waals surface area contributed by atoms with Gasteiger partial charge < -0.3 is 10.8 Å². The van der Waals surface area contributed by atoms with Crippen LogP contribution in [0.15, 0.2) is 46.1 Å². The largest absolute Gasteiger partial charge is 0.507 e. The Kier molecular flexibility index (Phi) is 8.60. The smallest absolute Gasteiger partial charge is 0.416 e. The molecule has 0 spiro atoms. The highest BCUT2D eigenvalue weighted by Gasteiger charge is 2.32. The zero-order valence-corrected chi connectivity index (χ0v) is 16.5. The van der Waals surface area contributed by atoms with Gasteiger partial charge in [0.15, 0.2) is 0 Å². The van der Waals surface area contributed by atoms with Gasteiger partial charge in [-0.1, -0.05) is 27.7 Å². The van der Waals surface area contributed by atoms with E-state index in [2.05, 4.69) is 4.99 Å². The predicted molar refractivity (Wildman–Crippen MR) is 105 cm³/mol. The van der Waals surface area contributed by atoms with Gasteiger partial charge in [-0.15, -0.1) is 0 Å². The first-order valence-electron chi connectivity index (χ1n) is 9.51. The molecule has 2 aliphatic rings. The van der Waals surface area contributed by atoms with Crippen molar-refractivity contribution in [3.05, 3.63) is 52.2 Å². The van der Waals surface area contributed by atoms with E-state index in [-0.39, 0.29) is 0 Å². The lowest BCUT2D eigenvalue weighted by molar-refractivity contribution is -0.137. The topological polar surface area (TPSA) is 58.6 Å². The van der Waals surface area contributed by atoms with Crippen LogP contribution in [0.25, 0.3) is 0 Å². The summed E-state index contributed by atoms with van der Waals surface area (Å²) < 4.78 is 38.3. The maximum atomic E-state index is 12.8. The van der Waals surface area contributed by atoms with Crippen LogP contribution in [0.1, 0.15) is 64.5 Å². The lowest BCUT2D eigenvalue weighted by Crippen LogP contribution is -2.15. The molecule has 0 aromatic heterocycles. The Balaban J connectivity index is 0.000000855. The summed E-state index contributed by atoms with van der Waals surface area (Å²) in [5.41, 5.74) is 8.72. The summed E-state index contributed by atoms with van der Waals surface area (Å²) in [6, 6.07) is 3.02. The third-order valence-corrected chi connectivity index (χ3v) is 4.24. The van der Waals surface area contributed by atoms with Crippen LogP contribution < -0.4 is 5.73 Å². The van der Waals surface area contributed by atoms with Crippen molar-refractivity contribution in [3.63, 3.8) is 0 Å². The molecule has 1 aliphatic heterocycles. The van der Waals surface area contributed by atoms with Crippen LogP contribution >= 0.6 is 0 Å². The fourth-order valence-electron chi connectivity index (χ4n) is 3.10. The van der Waals surface area contributed by atoms with E-state index in [1.807, 2.05) is 33.8 Å². The molecule has 1 aromatic carbocycles. The van der Waals surface area contributed by atoms with E-state index in [0.29, 0.717) is 23.5 Å². The van der Waals surface area contributed by atoms with Crippen molar-refractivity contribution >= 4 is 5.71 Å². The number of phenolic OH excluding ortho intramolecular Hbond substituents is 1. The maximum absolute atomic E-state index is 12.8. The molecule has 3 rings (SSSR count). The van der Waals surface area contributed by atoms with Crippen molar-refractivity contribution in [1.29, 1.82) is 0 Å². The van der Waals surface area contributed by atoms with Gasteiger partial charge in [0.2, 0.25) is 0 Å². The second-order valence-electron chi connectivity index (χ2n) is 5.74. The minimum absolute atomic E-state index is 0.329. The molecule has 1 heterocycles. The molecule has 0 amide bonds. The fraction of sp³-hybridized carbons (Fsp3) is 0.476. The number of nitrogens with zero attached hydrogens (tertiary/aromatic N) is 1. The maximum Gasteiger partial charge on any atom is 0.416 e. The Bertz CT molecular complexity index is 731. The Morgan fingerprint density at radius 3 is 2.15 bits per heavy atom. The Morgan fingerprint density at radius 1 is 1.00 bits per heavy atom. The van der Waals surface area contributed by atoms with Gasteiger partial charge in [0.1, 0.15) is 5.75 Å². The highest BCUT2D eigenvalue weighted by Crippen LogP contribution is 2.37. The molecule has 0 bridgehead atoms. The summed E-state index contributed by atoms with van der Waals surface area (Å²) in [4.78, 5) is 4.44. The molecule has 150 valence electrons. The molecular formula is C21H29F3N2O. The number of allylic oxidation sites excluding steroid dienone is 2. The van der Waals surface area contributed by atoms with Gasteiger partial charge in [0.25, 0.3) is 0 Å². The third-order valence-electron chi connectivity index (χ3n) is 4.24.